The van der Waals surface area contributed by atoms with Crippen molar-refractivity contribution in [2.24, 2.45) is 5.92 Å². The van der Waals surface area contributed by atoms with Gasteiger partial charge in [0.05, 0.1) is 5.56 Å². The van der Waals surface area contributed by atoms with Crippen LogP contribution in [0, 0.1) is 5.92 Å². The van der Waals surface area contributed by atoms with E-state index in [1.807, 2.05) is 4.90 Å². The molecule has 1 aromatic heterocycles. The number of hydrogen-bond acceptors (Lipinski definition) is 3. The van der Waals surface area contributed by atoms with E-state index in [0.717, 1.165) is 44.6 Å². The van der Waals surface area contributed by atoms with Crippen LogP contribution < -0.4 is 10.2 Å². The molecule has 1 atom stereocenters. The van der Waals surface area contributed by atoms with Gasteiger partial charge in [0.15, 0.2) is 0 Å². The van der Waals surface area contributed by atoms with Gasteiger partial charge in [-0.1, -0.05) is 13.8 Å². The number of alkyl halides is 3. The van der Waals surface area contributed by atoms with Crippen molar-refractivity contribution in [3.8, 4) is 0 Å². The second-order valence-corrected chi connectivity index (χ2v) is 5.92. The third kappa shape index (κ3) is 4.59. The van der Waals surface area contributed by atoms with Gasteiger partial charge in [-0.15, -0.1) is 0 Å². The normalized spacial score (nSPS) is 20.1. The van der Waals surface area contributed by atoms with Gasteiger partial charge < -0.3 is 10.2 Å². The summed E-state index contributed by atoms with van der Waals surface area (Å²) < 4.78 is 38.3. The summed E-state index contributed by atoms with van der Waals surface area (Å²) in [6, 6.07) is 2.59. The molecule has 0 spiro atoms. The van der Waals surface area contributed by atoms with E-state index in [0.29, 0.717) is 17.8 Å². The second-order valence-electron chi connectivity index (χ2n) is 5.92. The van der Waals surface area contributed by atoms with Gasteiger partial charge in [0.1, 0.15) is 5.82 Å². The highest BCUT2D eigenvalue weighted by atomic mass is 19.4. The predicted molar refractivity (Wildman–Crippen MR) is 77.3 cm³/mol. The first-order valence-electron chi connectivity index (χ1n) is 7.38. The lowest BCUT2D eigenvalue weighted by molar-refractivity contribution is -0.137. The molecule has 3 nitrogen and oxygen atoms in total. The Morgan fingerprint density at radius 2 is 2.19 bits per heavy atom. The Hall–Kier alpha value is -1.30. The van der Waals surface area contributed by atoms with Crippen molar-refractivity contribution in [1.82, 2.24) is 10.3 Å². The highest BCUT2D eigenvalue weighted by Gasteiger charge is 2.31. The number of rotatable bonds is 4. The highest BCUT2D eigenvalue weighted by Crippen LogP contribution is 2.31. The molecular formula is C15H22F3N3. The summed E-state index contributed by atoms with van der Waals surface area (Å²) >= 11 is 0. The summed E-state index contributed by atoms with van der Waals surface area (Å²) in [5.41, 5.74) is -0.630. The van der Waals surface area contributed by atoms with Crippen LogP contribution in [0.15, 0.2) is 18.3 Å². The van der Waals surface area contributed by atoms with Crippen LogP contribution in [-0.4, -0.2) is 30.7 Å². The van der Waals surface area contributed by atoms with Gasteiger partial charge >= 0.3 is 6.18 Å². The quantitative estimate of drug-likeness (QED) is 0.925. The maximum absolute atomic E-state index is 12.8. The van der Waals surface area contributed by atoms with E-state index in [-0.39, 0.29) is 0 Å². The van der Waals surface area contributed by atoms with Gasteiger partial charge in [0.2, 0.25) is 0 Å². The zero-order valence-corrected chi connectivity index (χ0v) is 12.5. The average Bonchev–Trinajstić information content (AvgIpc) is 2.45. The molecule has 1 aromatic rings. The fraction of sp³-hybridized carbons (Fsp3) is 0.667. The summed E-state index contributed by atoms with van der Waals surface area (Å²) in [5.74, 6) is 0.886. The minimum absolute atomic E-state index is 0.423. The van der Waals surface area contributed by atoms with E-state index < -0.39 is 11.7 Å². The summed E-state index contributed by atoms with van der Waals surface area (Å²) in [4.78, 5) is 6.08. The lowest BCUT2D eigenvalue weighted by atomic mass is 9.97. The average molecular weight is 301 g/mol. The molecule has 0 saturated carbocycles. The van der Waals surface area contributed by atoms with E-state index in [4.69, 9.17) is 0 Å². The van der Waals surface area contributed by atoms with Crippen molar-refractivity contribution in [1.29, 1.82) is 0 Å². The summed E-state index contributed by atoms with van der Waals surface area (Å²) in [7, 11) is 0. The predicted octanol–water partition coefficient (Wildman–Crippen LogP) is 3.31. The second kappa shape index (κ2) is 6.64. The largest absolute Gasteiger partial charge is 0.416 e. The first-order chi connectivity index (χ1) is 9.86. The molecule has 1 unspecified atom stereocenters. The summed E-state index contributed by atoms with van der Waals surface area (Å²) in [6.07, 6.45) is -0.974. The van der Waals surface area contributed by atoms with Gasteiger partial charge in [-0.05, 0) is 37.4 Å². The standard InChI is InChI=1S/C15H22F3N3/c1-11(2)20-9-12-4-3-7-21(10-12)14-8-13(5-6-19-14)15(16,17)18/h5-6,8,11-12,20H,3-4,7,9-10H2,1-2H3. The Morgan fingerprint density at radius 1 is 1.43 bits per heavy atom. The molecule has 6 heteroatoms. The van der Waals surface area contributed by atoms with Gasteiger partial charge in [-0.2, -0.15) is 13.2 Å². The molecule has 1 fully saturated rings. The number of pyridine rings is 1. The summed E-state index contributed by atoms with van der Waals surface area (Å²) in [6.45, 7) is 6.61. The molecule has 2 heterocycles. The zero-order valence-electron chi connectivity index (χ0n) is 12.5. The van der Waals surface area contributed by atoms with E-state index in [2.05, 4.69) is 24.1 Å². The Balaban J connectivity index is 2.04. The molecule has 0 amide bonds. The Bertz CT molecular complexity index is 460. The van der Waals surface area contributed by atoms with Crippen LogP contribution in [0.3, 0.4) is 0 Å². The number of hydrogen-bond donors (Lipinski definition) is 1. The van der Waals surface area contributed by atoms with Crippen LogP contribution in [0.2, 0.25) is 0 Å². The first kappa shape index (κ1) is 16.1. The number of nitrogens with one attached hydrogen (secondary N) is 1. The van der Waals surface area contributed by atoms with Gasteiger partial charge in [-0.25, -0.2) is 4.98 Å². The molecule has 2 rings (SSSR count). The molecule has 21 heavy (non-hydrogen) atoms. The van der Waals surface area contributed by atoms with Crippen molar-refractivity contribution in [2.45, 2.75) is 38.9 Å². The monoisotopic (exact) mass is 301 g/mol. The Labute approximate surface area is 123 Å². The maximum atomic E-state index is 12.8. The van der Waals surface area contributed by atoms with Crippen LogP contribution in [0.1, 0.15) is 32.3 Å². The van der Waals surface area contributed by atoms with E-state index in [1.54, 1.807) is 0 Å². The zero-order chi connectivity index (χ0) is 15.5. The van der Waals surface area contributed by atoms with Crippen molar-refractivity contribution >= 4 is 5.82 Å². The van der Waals surface area contributed by atoms with Crippen LogP contribution in [-0.2, 0) is 6.18 Å². The number of piperidine rings is 1. The van der Waals surface area contributed by atoms with E-state index in [9.17, 15) is 13.2 Å². The van der Waals surface area contributed by atoms with Crippen molar-refractivity contribution in [3.05, 3.63) is 23.9 Å². The fourth-order valence-corrected chi connectivity index (χ4v) is 2.61. The van der Waals surface area contributed by atoms with Crippen LogP contribution in [0.25, 0.3) is 0 Å². The summed E-state index contributed by atoms with van der Waals surface area (Å²) in [5, 5.41) is 3.40. The van der Waals surface area contributed by atoms with Crippen molar-refractivity contribution in [3.63, 3.8) is 0 Å². The van der Waals surface area contributed by atoms with Gasteiger partial charge in [0.25, 0.3) is 0 Å². The van der Waals surface area contributed by atoms with Gasteiger partial charge in [-0.3, -0.25) is 0 Å². The number of aromatic nitrogens is 1. The maximum Gasteiger partial charge on any atom is 0.416 e. The lowest BCUT2D eigenvalue weighted by Gasteiger charge is -2.34. The van der Waals surface area contributed by atoms with Crippen LogP contribution >= 0.6 is 0 Å². The van der Waals surface area contributed by atoms with Crippen molar-refractivity contribution < 1.29 is 13.2 Å². The SMILES string of the molecule is CC(C)NCC1CCCN(c2cc(C(F)(F)F)ccn2)C1. The molecule has 1 N–H and O–H groups in total. The molecule has 1 aliphatic heterocycles. The Kier molecular flexibility index (Phi) is 5.08. The van der Waals surface area contributed by atoms with E-state index >= 15 is 0 Å². The third-order valence-corrected chi connectivity index (χ3v) is 3.73. The van der Waals surface area contributed by atoms with Crippen molar-refractivity contribution in [2.75, 3.05) is 24.5 Å². The molecule has 0 aromatic carbocycles. The minimum Gasteiger partial charge on any atom is -0.356 e. The molecule has 1 aliphatic rings. The van der Waals surface area contributed by atoms with Crippen LogP contribution in [0.4, 0.5) is 19.0 Å². The van der Waals surface area contributed by atoms with Crippen LogP contribution in [0.5, 0.6) is 0 Å². The molecule has 118 valence electrons. The molecular weight excluding hydrogens is 279 g/mol. The fourth-order valence-electron chi connectivity index (χ4n) is 2.61. The molecule has 0 bridgehead atoms. The minimum atomic E-state index is -4.31. The third-order valence-electron chi connectivity index (χ3n) is 3.73. The number of halogens is 3. The van der Waals surface area contributed by atoms with Gasteiger partial charge in [0, 0.05) is 25.3 Å². The molecule has 0 radical (unpaired) electrons. The smallest absolute Gasteiger partial charge is 0.356 e. The molecule has 1 saturated heterocycles. The number of anilines is 1. The first-order valence-corrected chi connectivity index (χ1v) is 7.38. The lowest BCUT2D eigenvalue weighted by Crippen LogP contribution is -2.41. The molecule has 0 aliphatic carbocycles. The highest BCUT2D eigenvalue weighted by molar-refractivity contribution is 5.42. The number of nitrogens with zero attached hydrogens (tertiary/aromatic N) is 2. The Morgan fingerprint density at radius 3 is 2.86 bits per heavy atom. The topological polar surface area (TPSA) is 28.2 Å². The van der Waals surface area contributed by atoms with E-state index in [1.165, 1.54) is 6.20 Å².